The molecule has 0 bridgehead atoms. The highest BCUT2D eigenvalue weighted by Gasteiger charge is 2.32. The van der Waals surface area contributed by atoms with Crippen molar-refractivity contribution >= 4 is 0 Å². The molecule has 0 aromatic heterocycles. The SMILES string of the molecule is CC1OC1CCCCCCCCCO. The van der Waals surface area contributed by atoms with Gasteiger partial charge in [-0.25, -0.2) is 0 Å². The minimum absolute atomic E-state index is 0.358. The lowest BCUT2D eigenvalue weighted by atomic mass is 10.1. The zero-order valence-corrected chi connectivity index (χ0v) is 9.37. The van der Waals surface area contributed by atoms with Crippen molar-refractivity contribution in [3.8, 4) is 0 Å². The molecule has 0 saturated carbocycles. The van der Waals surface area contributed by atoms with Gasteiger partial charge in [-0.2, -0.15) is 0 Å². The van der Waals surface area contributed by atoms with Gasteiger partial charge >= 0.3 is 0 Å². The number of hydrogen-bond acceptors (Lipinski definition) is 2. The maximum absolute atomic E-state index is 8.59. The Kier molecular flexibility index (Phi) is 6.20. The molecule has 1 aliphatic rings. The predicted octanol–water partition coefficient (Wildman–Crippen LogP) is 2.89. The van der Waals surface area contributed by atoms with E-state index >= 15 is 0 Å². The molecule has 0 amide bonds. The number of unbranched alkanes of at least 4 members (excludes halogenated alkanes) is 6. The van der Waals surface area contributed by atoms with Gasteiger partial charge in [-0.1, -0.05) is 38.5 Å². The van der Waals surface area contributed by atoms with Crippen LogP contribution in [0.1, 0.15) is 58.3 Å². The highest BCUT2D eigenvalue weighted by molar-refractivity contribution is 4.79. The van der Waals surface area contributed by atoms with Crippen LogP contribution in [0.5, 0.6) is 0 Å². The van der Waals surface area contributed by atoms with Gasteiger partial charge in [-0.15, -0.1) is 0 Å². The summed E-state index contributed by atoms with van der Waals surface area (Å²) < 4.78 is 5.35. The number of epoxide rings is 1. The van der Waals surface area contributed by atoms with Gasteiger partial charge in [0.15, 0.2) is 0 Å². The molecule has 2 nitrogen and oxygen atoms in total. The van der Waals surface area contributed by atoms with Gasteiger partial charge in [0, 0.05) is 6.61 Å². The quantitative estimate of drug-likeness (QED) is 0.458. The Labute approximate surface area is 87.7 Å². The highest BCUT2D eigenvalue weighted by atomic mass is 16.6. The smallest absolute Gasteiger partial charge is 0.0839 e. The Hall–Kier alpha value is -0.0800. The minimum atomic E-state index is 0.358. The Balaban J connectivity index is 1.68. The molecular formula is C12H24O2. The largest absolute Gasteiger partial charge is 0.396 e. The molecule has 1 fully saturated rings. The molecule has 0 aromatic rings. The van der Waals surface area contributed by atoms with Crippen molar-refractivity contribution in [2.75, 3.05) is 6.61 Å². The summed E-state index contributed by atoms with van der Waals surface area (Å²) in [7, 11) is 0. The summed E-state index contributed by atoms with van der Waals surface area (Å²) in [5.74, 6) is 0. The van der Waals surface area contributed by atoms with Crippen LogP contribution in [0.25, 0.3) is 0 Å². The number of aliphatic hydroxyl groups excluding tert-OH is 1. The fourth-order valence-corrected chi connectivity index (χ4v) is 1.87. The van der Waals surface area contributed by atoms with Gasteiger partial charge in [0.1, 0.15) is 0 Å². The number of rotatable bonds is 9. The Morgan fingerprint density at radius 3 is 1.93 bits per heavy atom. The monoisotopic (exact) mass is 200 g/mol. The average Bonchev–Trinajstić information content (AvgIpc) is 2.87. The lowest BCUT2D eigenvalue weighted by molar-refractivity contribution is 0.282. The molecule has 1 aliphatic heterocycles. The molecule has 1 rings (SSSR count). The first-order chi connectivity index (χ1) is 6.84. The number of hydrogen-bond donors (Lipinski definition) is 1. The van der Waals surface area contributed by atoms with Crippen LogP contribution in [0.15, 0.2) is 0 Å². The third-order valence-corrected chi connectivity index (χ3v) is 2.98. The average molecular weight is 200 g/mol. The normalized spacial score (nSPS) is 25.3. The maximum atomic E-state index is 8.59. The van der Waals surface area contributed by atoms with Crippen molar-refractivity contribution in [2.24, 2.45) is 0 Å². The van der Waals surface area contributed by atoms with Crippen LogP contribution in [0.3, 0.4) is 0 Å². The molecule has 0 aliphatic carbocycles. The van der Waals surface area contributed by atoms with E-state index in [1.165, 1.54) is 44.9 Å². The first kappa shape index (κ1) is 12.0. The summed E-state index contributed by atoms with van der Waals surface area (Å²) in [4.78, 5) is 0. The predicted molar refractivity (Wildman–Crippen MR) is 58.4 cm³/mol. The van der Waals surface area contributed by atoms with Crippen LogP contribution >= 0.6 is 0 Å². The van der Waals surface area contributed by atoms with Crippen LogP contribution in [0, 0.1) is 0 Å². The first-order valence-corrected chi connectivity index (χ1v) is 6.11. The topological polar surface area (TPSA) is 32.8 Å². The van der Waals surface area contributed by atoms with E-state index < -0.39 is 0 Å². The molecule has 2 heteroatoms. The summed E-state index contributed by atoms with van der Waals surface area (Å²) in [5.41, 5.74) is 0. The van der Waals surface area contributed by atoms with Crippen molar-refractivity contribution in [2.45, 2.75) is 70.5 Å². The second kappa shape index (κ2) is 7.24. The summed E-state index contributed by atoms with van der Waals surface area (Å²) >= 11 is 0. The van der Waals surface area contributed by atoms with Gasteiger partial charge in [-0.3, -0.25) is 0 Å². The molecule has 0 spiro atoms. The van der Waals surface area contributed by atoms with E-state index in [2.05, 4.69) is 6.92 Å². The fourth-order valence-electron chi connectivity index (χ4n) is 1.87. The van der Waals surface area contributed by atoms with Gasteiger partial charge in [0.2, 0.25) is 0 Å². The minimum Gasteiger partial charge on any atom is -0.396 e. The number of aliphatic hydroxyl groups is 1. The van der Waals surface area contributed by atoms with Crippen LogP contribution in [-0.2, 0) is 4.74 Å². The first-order valence-electron chi connectivity index (χ1n) is 6.11. The summed E-state index contributed by atoms with van der Waals surface area (Å²) in [6.07, 6.45) is 11.2. The van der Waals surface area contributed by atoms with Crippen molar-refractivity contribution in [3.05, 3.63) is 0 Å². The zero-order valence-electron chi connectivity index (χ0n) is 9.37. The molecule has 0 aromatic carbocycles. The van der Waals surface area contributed by atoms with Crippen molar-refractivity contribution in [1.82, 2.24) is 0 Å². The second-order valence-electron chi connectivity index (χ2n) is 4.37. The van der Waals surface area contributed by atoms with E-state index in [0.717, 1.165) is 6.42 Å². The van der Waals surface area contributed by atoms with Crippen LogP contribution < -0.4 is 0 Å². The lowest BCUT2D eigenvalue weighted by Gasteiger charge is -2.00. The highest BCUT2D eigenvalue weighted by Crippen LogP contribution is 2.26. The van der Waals surface area contributed by atoms with Crippen molar-refractivity contribution in [1.29, 1.82) is 0 Å². The molecule has 2 unspecified atom stereocenters. The third kappa shape index (κ3) is 5.61. The van der Waals surface area contributed by atoms with E-state index in [1.807, 2.05) is 0 Å². The Morgan fingerprint density at radius 2 is 1.43 bits per heavy atom. The van der Waals surface area contributed by atoms with E-state index in [-0.39, 0.29) is 0 Å². The maximum Gasteiger partial charge on any atom is 0.0839 e. The molecule has 84 valence electrons. The second-order valence-corrected chi connectivity index (χ2v) is 4.37. The Morgan fingerprint density at radius 1 is 0.929 bits per heavy atom. The van der Waals surface area contributed by atoms with Crippen LogP contribution in [-0.4, -0.2) is 23.9 Å². The van der Waals surface area contributed by atoms with Crippen molar-refractivity contribution in [3.63, 3.8) is 0 Å². The molecule has 1 saturated heterocycles. The van der Waals surface area contributed by atoms with Crippen LogP contribution in [0.4, 0.5) is 0 Å². The number of ether oxygens (including phenoxy) is 1. The zero-order chi connectivity index (χ0) is 10.2. The van der Waals surface area contributed by atoms with Gasteiger partial charge in [0.05, 0.1) is 12.2 Å². The molecule has 1 heterocycles. The van der Waals surface area contributed by atoms with Gasteiger partial charge < -0.3 is 9.84 Å². The van der Waals surface area contributed by atoms with Crippen molar-refractivity contribution < 1.29 is 9.84 Å². The lowest BCUT2D eigenvalue weighted by Crippen LogP contribution is -1.89. The summed E-state index contributed by atoms with van der Waals surface area (Å²) in [5, 5.41) is 8.59. The summed E-state index contributed by atoms with van der Waals surface area (Å²) in [6.45, 7) is 2.51. The molecular weight excluding hydrogens is 176 g/mol. The summed E-state index contributed by atoms with van der Waals surface area (Å²) in [6, 6.07) is 0. The van der Waals surface area contributed by atoms with E-state index in [4.69, 9.17) is 9.84 Å². The molecule has 2 atom stereocenters. The van der Waals surface area contributed by atoms with E-state index in [9.17, 15) is 0 Å². The van der Waals surface area contributed by atoms with E-state index in [1.54, 1.807) is 0 Å². The molecule has 0 radical (unpaired) electrons. The fraction of sp³-hybridized carbons (Fsp3) is 1.00. The Bertz CT molecular complexity index is 136. The standard InChI is InChI=1S/C12H24O2/c1-11-12(14-11)9-7-5-3-2-4-6-8-10-13/h11-13H,2-10H2,1H3. The molecule has 14 heavy (non-hydrogen) atoms. The van der Waals surface area contributed by atoms with Gasteiger partial charge in [0.25, 0.3) is 0 Å². The van der Waals surface area contributed by atoms with E-state index in [0.29, 0.717) is 18.8 Å². The third-order valence-electron chi connectivity index (χ3n) is 2.98. The van der Waals surface area contributed by atoms with Gasteiger partial charge in [-0.05, 0) is 19.8 Å². The van der Waals surface area contributed by atoms with Crippen LogP contribution in [0.2, 0.25) is 0 Å². The molecule has 1 N–H and O–H groups in total.